The van der Waals surface area contributed by atoms with Gasteiger partial charge in [0.25, 0.3) is 5.91 Å². The molecule has 0 atom stereocenters. The minimum absolute atomic E-state index is 0.0387. The first-order valence-corrected chi connectivity index (χ1v) is 10.3. The van der Waals surface area contributed by atoms with Crippen LogP contribution in [-0.4, -0.2) is 24.0 Å². The van der Waals surface area contributed by atoms with Crippen LogP contribution in [-0.2, 0) is 12.7 Å². The van der Waals surface area contributed by atoms with Crippen LogP contribution in [0.25, 0.3) is 0 Å². The second-order valence-corrected chi connectivity index (χ2v) is 7.55. The Labute approximate surface area is 198 Å². The molecule has 0 radical (unpaired) electrons. The average Bonchev–Trinajstić information content (AvgIpc) is 2.78. The Balaban J connectivity index is 1.61. The first-order valence-electron chi connectivity index (χ1n) is 9.94. The van der Waals surface area contributed by atoms with Gasteiger partial charge >= 0.3 is 12.2 Å². The van der Waals surface area contributed by atoms with Gasteiger partial charge in [0.05, 0.1) is 10.6 Å². The Kier molecular flexibility index (Phi) is 7.62. The standard InChI is InChI=1S/C23H20ClF3N4O3/c1-13-9-16(34-17-7-8-29-20(11-17)21(32)28-2)5-3-14(13)12-30-22(33)31-15-4-6-19(24)18(10-15)23(25,26)27/h3-11H,12H2,1-2H3,(H,28,32)(H2,30,31,33). The van der Waals surface area contributed by atoms with Crippen LogP contribution in [0.3, 0.4) is 0 Å². The zero-order chi connectivity index (χ0) is 24.9. The molecule has 3 rings (SSSR count). The van der Waals surface area contributed by atoms with E-state index in [0.29, 0.717) is 11.5 Å². The van der Waals surface area contributed by atoms with Crippen molar-refractivity contribution >= 4 is 29.2 Å². The molecule has 1 aromatic heterocycles. The Bertz CT molecular complexity index is 1220. The molecule has 2 aromatic carbocycles. The first kappa shape index (κ1) is 24.8. The third-order valence-electron chi connectivity index (χ3n) is 4.71. The zero-order valence-corrected chi connectivity index (χ0v) is 18.8. The minimum Gasteiger partial charge on any atom is -0.457 e. The van der Waals surface area contributed by atoms with E-state index in [9.17, 15) is 22.8 Å². The SMILES string of the molecule is CNC(=O)c1cc(Oc2ccc(CNC(=O)Nc3ccc(Cl)c(C(F)(F)F)c3)c(C)c2)ccn1. The molecule has 0 unspecified atom stereocenters. The number of rotatable bonds is 6. The van der Waals surface area contributed by atoms with Crippen molar-refractivity contribution in [1.29, 1.82) is 0 Å². The molecule has 3 aromatic rings. The van der Waals surface area contributed by atoms with Crippen LogP contribution in [0.1, 0.15) is 27.2 Å². The summed E-state index contributed by atoms with van der Waals surface area (Å²) in [4.78, 5) is 27.8. The smallest absolute Gasteiger partial charge is 0.417 e. The van der Waals surface area contributed by atoms with Crippen LogP contribution >= 0.6 is 11.6 Å². The van der Waals surface area contributed by atoms with Crippen molar-refractivity contribution in [3.8, 4) is 11.5 Å². The Morgan fingerprint density at radius 3 is 2.47 bits per heavy atom. The maximum absolute atomic E-state index is 13.0. The van der Waals surface area contributed by atoms with Crippen LogP contribution in [0.4, 0.5) is 23.7 Å². The number of carbonyl (C=O) groups is 2. The number of halogens is 4. The summed E-state index contributed by atoms with van der Waals surface area (Å²) < 4.78 is 44.7. The summed E-state index contributed by atoms with van der Waals surface area (Å²) in [7, 11) is 1.50. The number of benzene rings is 2. The number of ether oxygens (including phenoxy) is 1. The lowest BCUT2D eigenvalue weighted by Crippen LogP contribution is -2.28. The summed E-state index contributed by atoms with van der Waals surface area (Å²) in [5.74, 6) is 0.606. The topological polar surface area (TPSA) is 92.4 Å². The third-order valence-corrected chi connectivity index (χ3v) is 5.04. The molecule has 3 amide bonds. The minimum atomic E-state index is -4.63. The van der Waals surface area contributed by atoms with E-state index in [4.69, 9.17) is 16.3 Å². The molecular formula is C23H20ClF3N4O3. The molecule has 0 fully saturated rings. The average molecular weight is 493 g/mol. The number of urea groups is 1. The molecule has 0 saturated carbocycles. The van der Waals surface area contributed by atoms with E-state index in [0.717, 1.165) is 23.3 Å². The van der Waals surface area contributed by atoms with E-state index < -0.39 is 22.8 Å². The van der Waals surface area contributed by atoms with Crippen molar-refractivity contribution in [3.63, 3.8) is 0 Å². The van der Waals surface area contributed by atoms with Crippen molar-refractivity contribution in [2.45, 2.75) is 19.6 Å². The molecule has 178 valence electrons. The number of anilines is 1. The number of aromatic nitrogens is 1. The lowest BCUT2D eigenvalue weighted by molar-refractivity contribution is -0.137. The van der Waals surface area contributed by atoms with E-state index in [1.54, 1.807) is 24.3 Å². The van der Waals surface area contributed by atoms with E-state index >= 15 is 0 Å². The summed E-state index contributed by atoms with van der Waals surface area (Å²) in [6, 6.07) is 10.8. The van der Waals surface area contributed by atoms with Gasteiger partial charge in [-0.15, -0.1) is 0 Å². The number of nitrogens with zero attached hydrogens (tertiary/aromatic N) is 1. The fourth-order valence-corrected chi connectivity index (χ4v) is 3.19. The number of pyridine rings is 1. The van der Waals surface area contributed by atoms with Crippen LogP contribution < -0.4 is 20.7 Å². The van der Waals surface area contributed by atoms with Crippen LogP contribution in [0.15, 0.2) is 54.7 Å². The van der Waals surface area contributed by atoms with Gasteiger partial charge in [0, 0.05) is 31.5 Å². The van der Waals surface area contributed by atoms with Crippen molar-refractivity contribution < 1.29 is 27.5 Å². The lowest BCUT2D eigenvalue weighted by Gasteiger charge is -2.13. The number of alkyl halides is 3. The van der Waals surface area contributed by atoms with Gasteiger partial charge in [-0.1, -0.05) is 17.7 Å². The number of hydrogen-bond donors (Lipinski definition) is 3. The molecule has 7 nitrogen and oxygen atoms in total. The van der Waals surface area contributed by atoms with Gasteiger partial charge in [0.2, 0.25) is 0 Å². The van der Waals surface area contributed by atoms with E-state index in [-0.39, 0.29) is 23.8 Å². The number of hydrogen-bond acceptors (Lipinski definition) is 4. The third kappa shape index (κ3) is 6.38. The zero-order valence-electron chi connectivity index (χ0n) is 18.1. The fourth-order valence-electron chi connectivity index (χ4n) is 2.96. The molecule has 0 spiro atoms. The lowest BCUT2D eigenvalue weighted by atomic mass is 10.1. The van der Waals surface area contributed by atoms with E-state index in [1.807, 2.05) is 6.92 Å². The fraction of sp³-hybridized carbons (Fsp3) is 0.174. The molecule has 34 heavy (non-hydrogen) atoms. The van der Waals surface area contributed by atoms with Crippen molar-refractivity contribution in [1.82, 2.24) is 15.6 Å². The van der Waals surface area contributed by atoms with Gasteiger partial charge in [0.15, 0.2) is 0 Å². The summed E-state index contributed by atoms with van der Waals surface area (Å²) in [5, 5.41) is 7.00. The number of nitrogens with one attached hydrogen (secondary N) is 3. The maximum Gasteiger partial charge on any atom is 0.417 e. The monoisotopic (exact) mass is 492 g/mol. The highest BCUT2D eigenvalue weighted by Crippen LogP contribution is 2.36. The van der Waals surface area contributed by atoms with Crippen molar-refractivity contribution in [3.05, 3.63) is 82.1 Å². The molecule has 3 N–H and O–H groups in total. The molecule has 0 bridgehead atoms. The predicted molar refractivity (Wildman–Crippen MR) is 121 cm³/mol. The molecule has 0 saturated heterocycles. The van der Waals surface area contributed by atoms with Crippen LogP contribution in [0, 0.1) is 6.92 Å². The molecular weight excluding hydrogens is 473 g/mol. The number of amides is 3. The quantitative estimate of drug-likeness (QED) is 0.421. The molecule has 0 aliphatic rings. The predicted octanol–water partition coefficient (Wildman–Crippen LogP) is 5.54. The second-order valence-electron chi connectivity index (χ2n) is 7.15. The van der Waals surface area contributed by atoms with Gasteiger partial charge in [-0.25, -0.2) is 4.79 Å². The summed E-state index contributed by atoms with van der Waals surface area (Å²) in [5.41, 5.74) is 0.726. The van der Waals surface area contributed by atoms with Crippen molar-refractivity contribution in [2.24, 2.45) is 0 Å². The van der Waals surface area contributed by atoms with E-state index in [2.05, 4.69) is 20.9 Å². The normalized spacial score (nSPS) is 11.0. The number of carbonyl (C=O) groups excluding carboxylic acids is 2. The van der Waals surface area contributed by atoms with Crippen LogP contribution in [0.5, 0.6) is 11.5 Å². The van der Waals surface area contributed by atoms with Gasteiger partial charge < -0.3 is 20.7 Å². The molecule has 11 heteroatoms. The van der Waals surface area contributed by atoms with Crippen LogP contribution in [0.2, 0.25) is 5.02 Å². The second kappa shape index (κ2) is 10.4. The van der Waals surface area contributed by atoms with Gasteiger partial charge in [0.1, 0.15) is 17.2 Å². The largest absolute Gasteiger partial charge is 0.457 e. The Morgan fingerprint density at radius 2 is 1.79 bits per heavy atom. The summed E-state index contributed by atoms with van der Waals surface area (Å²) in [6.45, 7) is 1.95. The summed E-state index contributed by atoms with van der Waals surface area (Å²) in [6.07, 6.45) is -3.17. The van der Waals surface area contributed by atoms with Gasteiger partial charge in [-0.2, -0.15) is 13.2 Å². The van der Waals surface area contributed by atoms with Gasteiger partial charge in [-0.05, 0) is 54.4 Å². The molecule has 0 aliphatic heterocycles. The first-order chi connectivity index (χ1) is 16.1. The molecule has 0 aliphatic carbocycles. The van der Waals surface area contributed by atoms with E-state index in [1.165, 1.54) is 25.4 Å². The molecule has 1 heterocycles. The highest BCUT2D eigenvalue weighted by molar-refractivity contribution is 6.31. The number of aryl methyl sites for hydroxylation is 1. The summed E-state index contributed by atoms with van der Waals surface area (Å²) >= 11 is 5.59. The van der Waals surface area contributed by atoms with Gasteiger partial charge in [-0.3, -0.25) is 9.78 Å². The maximum atomic E-state index is 13.0. The highest BCUT2D eigenvalue weighted by atomic mass is 35.5. The highest BCUT2D eigenvalue weighted by Gasteiger charge is 2.33. The Hall–Kier alpha value is -3.79. The van der Waals surface area contributed by atoms with Crippen molar-refractivity contribution in [2.75, 3.05) is 12.4 Å². The Morgan fingerprint density at radius 1 is 1.06 bits per heavy atom.